The summed E-state index contributed by atoms with van der Waals surface area (Å²) in [4.78, 5) is 15.1. The summed E-state index contributed by atoms with van der Waals surface area (Å²) in [6.07, 6.45) is 1.71. The second-order valence-electron chi connectivity index (χ2n) is 5.94. The number of nitrogens with zero attached hydrogens (tertiary/aromatic N) is 1. The number of ether oxygens (including phenoxy) is 1. The van der Waals surface area contributed by atoms with E-state index in [-0.39, 0.29) is 17.6 Å². The van der Waals surface area contributed by atoms with E-state index in [0.29, 0.717) is 17.2 Å². The van der Waals surface area contributed by atoms with Crippen LogP contribution in [0.3, 0.4) is 0 Å². The molecule has 2 rings (SSSR count). The monoisotopic (exact) mass is 289 g/mol. The highest BCUT2D eigenvalue weighted by Gasteiger charge is 2.19. The number of carboxylic acid groups (broad SMARTS) is 1. The van der Waals surface area contributed by atoms with Gasteiger partial charge in [0.2, 0.25) is 5.89 Å². The van der Waals surface area contributed by atoms with Crippen molar-refractivity contribution in [1.82, 2.24) is 4.98 Å². The van der Waals surface area contributed by atoms with Crippen LogP contribution in [0.1, 0.15) is 48.3 Å². The van der Waals surface area contributed by atoms with Gasteiger partial charge in [0.15, 0.2) is 6.61 Å². The van der Waals surface area contributed by atoms with E-state index in [9.17, 15) is 4.79 Å². The molecule has 0 radical (unpaired) electrons. The Bertz CT molecular complexity index is 653. The molecule has 0 bridgehead atoms. The summed E-state index contributed by atoms with van der Waals surface area (Å²) in [5.41, 5.74) is 0.835. The van der Waals surface area contributed by atoms with Gasteiger partial charge in [-0.05, 0) is 30.7 Å². The number of hydrogen-bond donors (Lipinski definition) is 1. The van der Waals surface area contributed by atoms with Crippen molar-refractivity contribution in [1.29, 1.82) is 0 Å². The maximum absolute atomic E-state index is 10.9. The molecule has 1 heterocycles. The van der Waals surface area contributed by atoms with Crippen molar-refractivity contribution in [2.75, 3.05) is 0 Å². The first-order chi connectivity index (χ1) is 9.77. The minimum absolute atomic E-state index is 0.0923. The second kappa shape index (κ2) is 5.60. The van der Waals surface area contributed by atoms with Crippen LogP contribution in [-0.4, -0.2) is 16.1 Å². The van der Waals surface area contributed by atoms with E-state index < -0.39 is 5.97 Å². The van der Waals surface area contributed by atoms with Gasteiger partial charge in [0.05, 0.1) is 11.8 Å². The van der Waals surface area contributed by atoms with Crippen molar-refractivity contribution >= 4 is 5.97 Å². The van der Waals surface area contributed by atoms with Crippen molar-refractivity contribution in [3.63, 3.8) is 0 Å². The van der Waals surface area contributed by atoms with Gasteiger partial charge in [0.25, 0.3) is 0 Å². The van der Waals surface area contributed by atoms with Gasteiger partial charge in [0, 0.05) is 5.41 Å². The lowest BCUT2D eigenvalue weighted by Gasteiger charge is -2.13. The van der Waals surface area contributed by atoms with Crippen molar-refractivity contribution in [2.24, 2.45) is 0 Å². The first-order valence-electron chi connectivity index (χ1n) is 6.69. The molecule has 2 aromatic rings. The highest BCUT2D eigenvalue weighted by molar-refractivity contribution is 5.89. The summed E-state index contributed by atoms with van der Waals surface area (Å²) in [7, 11) is 0. The van der Waals surface area contributed by atoms with E-state index >= 15 is 0 Å². The van der Waals surface area contributed by atoms with Crippen LogP contribution in [0, 0.1) is 6.92 Å². The summed E-state index contributed by atoms with van der Waals surface area (Å²) < 4.78 is 11.2. The zero-order valence-electron chi connectivity index (χ0n) is 12.6. The Kier molecular flexibility index (Phi) is 4.02. The van der Waals surface area contributed by atoms with Crippen molar-refractivity contribution in [3.05, 3.63) is 47.2 Å². The van der Waals surface area contributed by atoms with Gasteiger partial charge < -0.3 is 14.3 Å². The lowest BCUT2D eigenvalue weighted by atomic mass is 9.94. The number of rotatable bonds is 4. The minimum atomic E-state index is -0.943. The number of carbonyl (C=O) groups is 1. The second-order valence-corrected chi connectivity index (χ2v) is 5.94. The molecule has 0 saturated carbocycles. The quantitative estimate of drug-likeness (QED) is 0.931. The van der Waals surface area contributed by atoms with Crippen LogP contribution in [-0.2, 0) is 12.0 Å². The average molecular weight is 289 g/mol. The average Bonchev–Trinajstić information content (AvgIpc) is 2.84. The van der Waals surface area contributed by atoms with Gasteiger partial charge in [-0.2, -0.15) is 0 Å². The van der Waals surface area contributed by atoms with Gasteiger partial charge in [-0.15, -0.1) is 0 Å². The van der Waals surface area contributed by atoms with E-state index in [4.69, 9.17) is 14.3 Å². The SMILES string of the molecule is Cc1cc(OCc2ncc(C(C)(C)C)o2)ccc1C(=O)O. The summed E-state index contributed by atoms with van der Waals surface area (Å²) >= 11 is 0. The van der Waals surface area contributed by atoms with Crippen LogP contribution in [0.25, 0.3) is 0 Å². The van der Waals surface area contributed by atoms with Crippen molar-refractivity contribution in [3.8, 4) is 5.75 Å². The molecule has 0 fully saturated rings. The fourth-order valence-corrected chi connectivity index (χ4v) is 1.83. The minimum Gasteiger partial charge on any atom is -0.484 e. The Morgan fingerprint density at radius 3 is 2.62 bits per heavy atom. The Morgan fingerprint density at radius 2 is 2.10 bits per heavy atom. The molecule has 1 aromatic carbocycles. The Balaban J connectivity index is 2.05. The Labute approximate surface area is 123 Å². The number of aryl methyl sites for hydroxylation is 1. The molecule has 1 aromatic heterocycles. The van der Waals surface area contributed by atoms with E-state index in [1.54, 1.807) is 25.3 Å². The van der Waals surface area contributed by atoms with Crippen LogP contribution < -0.4 is 4.74 Å². The molecule has 5 heteroatoms. The fraction of sp³-hybridized carbons (Fsp3) is 0.375. The third-order valence-corrected chi connectivity index (χ3v) is 3.08. The van der Waals surface area contributed by atoms with Gasteiger partial charge in [-0.1, -0.05) is 20.8 Å². The van der Waals surface area contributed by atoms with Crippen LogP contribution >= 0.6 is 0 Å². The predicted molar refractivity (Wildman–Crippen MR) is 77.7 cm³/mol. The maximum atomic E-state index is 10.9. The topological polar surface area (TPSA) is 72.6 Å². The summed E-state index contributed by atoms with van der Waals surface area (Å²) in [5.74, 6) is 0.952. The molecule has 1 N–H and O–H groups in total. The molecule has 0 aliphatic rings. The summed E-state index contributed by atoms with van der Waals surface area (Å²) in [6, 6.07) is 4.85. The molecule has 0 saturated heterocycles. The van der Waals surface area contributed by atoms with Crippen LogP contribution in [0.5, 0.6) is 5.75 Å². The van der Waals surface area contributed by atoms with E-state index in [1.165, 1.54) is 6.07 Å². The lowest BCUT2D eigenvalue weighted by Crippen LogP contribution is -2.09. The molecule has 0 amide bonds. The van der Waals surface area contributed by atoms with Crippen LogP contribution in [0.4, 0.5) is 0 Å². The highest BCUT2D eigenvalue weighted by atomic mass is 16.5. The number of carboxylic acids is 1. The number of aromatic carboxylic acids is 1. The van der Waals surface area contributed by atoms with Gasteiger partial charge in [-0.3, -0.25) is 0 Å². The molecule has 0 atom stereocenters. The molecule has 112 valence electrons. The Hall–Kier alpha value is -2.30. The van der Waals surface area contributed by atoms with Crippen molar-refractivity contribution in [2.45, 2.75) is 39.7 Å². The van der Waals surface area contributed by atoms with Crippen molar-refractivity contribution < 1.29 is 19.1 Å². The van der Waals surface area contributed by atoms with Gasteiger partial charge in [-0.25, -0.2) is 9.78 Å². The molecule has 21 heavy (non-hydrogen) atoms. The largest absolute Gasteiger partial charge is 0.484 e. The third-order valence-electron chi connectivity index (χ3n) is 3.08. The number of aromatic nitrogens is 1. The van der Waals surface area contributed by atoms with E-state index in [2.05, 4.69) is 4.98 Å². The zero-order valence-corrected chi connectivity index (χ0v) is 12.6. The fourth-order valence-electron chi connectivity index (χ4n) is 1.83. The van der Waals surface area contributed by atoms with E-state index in [1.807, 2.05) is 20.8 Å². The van der Waals surface area contributed by atoms with E-state index in [0.717, 1.165) is 5.76 Å². The molecular formula is C16H19NO4. The molecular weight excluding hydrogens is 270 g/mol. The normalized spacial score (nSPS) is 11.4. The van der Waals surface area contributed by atoms with Gasteiger partial charge in [0.1, 0.15) is 11.5 Å². The summed E-state index contributed by atoms with van der Waals surface area (Å²) in [6.45, 7) is 8.09. The highest BCUT2D eigenvalue weighted by Crippen LogP contribution is 2.23. The molecule has 0 unspecified atom stereocenters. The first-order valence-corrected chi connectivity index (χ1v) is 6.69. The zero-order chi connectivity index (χ0) is 15.6. The van der Waals surface area contributed by atoms with Crippen LogP contribution in [0.2, 0.25) is 0 Å². The third kappa shape index (κ3) is 3.62. The number of oxazole rings is 1. The molecule has 5 nitrogen and oxygen atoms in total. The molecule has 0 spiro atoms. The maximum Gasteiger partial charge on any atom is 0.335 e. The predicted octanol–water partition coefficient (Wildman–Crippen LogP) is 3.56. The van der Waals surface area contributed by atoms with Gasteiger partial charge >= 0.3 is 5.97 Å². The van der Waals surface area contributed by atoms with Crippen LogP contribution in [0.15, 0.2) is 28.8 Å². The number of hydrogen-bond acceptors (Lipinski definition) is 4. The standard InChI is InChI=1S/C16H19NO4/c1-10-7-11(5-6-12(10)15(18)19)20-9-14-17-8-13(21-14)16(2,3)4/h5-8H,9H2,1-4H3,(H,18,19). The molecule has 0 aliphatic carbocycles. The molecule has 0 aliphatic heterocycles. The smallest absolute Gasteiger partial charge is 0.335 e. The summed E-state index contributed by atoms with van der Waals surface area (Å²) in [5, 5.41) is 8.98. The lowest BCUT2D eigenvalue weighted by molar-refractivity contribution is 0.0696. The Morgan fingerprint density at radius 1 is 1.38 bits per heavy atom. The number of benzene rings is 1. The first kappa shape index (κ1) is 15.1.